The number of carbonyl (C=O) groups is 1. The standard InChI is InChI=1S/C18H18N2O3S/c1-11-5-4-6-15-17(11)20-18(24-15)19-16(21)10-12-9-13(22-2)7-8-14(12)23-3/h4-9H,10H2,1-3H3,(H,19,20,21). The first-order valence-corrected chi connectivity index (χ1v) is 8.29. The molecule has 0 radical (unpaired) electrons. The molecule has 3 aromatic rings. The van der Waals surface area contributed by atoms with Crippen LogP contribution in [0.15, 0.2) is 36.4 Å². The van der Waals surface area contributed by atoms with Gasteiger partial charge >= 0.3 is 0 Å². The largest absolute Gasteiger partial charge is 0.497 e. The number of nitrogens with zero attached hydrogens (tertiary/aromatic N) is 1. The molecule has 0 aliphatic carbocycles. The van der Waals surface area contributed by atoms with E-state index < -0.39 is 0 Å². The second-order valence-corrected chi connectivity index (χ2v) is 6.37. The Kier molecular flexibility index (Phi) is 4.66. The third-order valence-corrected chi connectivity index (χ3v) is 4.64. The number of methoxy groups -OCH3 is 2. The van der Waals surface area contributed by atoms with Gasteiger partial charge in [0, 0.05) is 5.56 Å². The molecule has 0 atom stereocenters. The Hall–Kier alpha value is -2.60. The summed E-state index contributed by atoms with van der Waals surface area (Å²) in [7, 11) is 3.18. The Morgan fingerprint density at radius 2 is 2.04 bits per heavy atom. The van der Waals surface area contributed by atoms with Gasteiger partial charge in [-0.25, -0.2) is 4.98 Å². The van der Waals surface area contributed by atoms with E-state index in [1.165, 1.54) is 11.3 Å². The van der Waals surface area contributed by atoms with Crippen molar-refractivity contribution in [3.8, 4) is 11.5 Å². The highest BCUT2D eigenvalue weighted by atomic mass is 32.1. The maximum Gasteiger partial charge on any atom is 0.230 e. The van der Waals surface area contributed by atoms with Crippen molar-refractivity contribution in [2.75, 3.05) is 19.5 Å². The number of hydrogen-bond acceptors (Lipinski definition) is 5. The van der Waals surface area contributed by atoms with Crippen LogP contribution in [0.1, 0.15) is 11.1 Å². The van der Waals surface area contributed by atoms with Crippen LogP contribution >= 0.6 is 11.3 Å². The van der Waals surface area contributed by atoms with Crippen LogP contribution in [0.3, 0.4) is 0 Å². The first-order valence-electron chi connectivity index (χ1n) is 7.47. The van der Waals surface area contributed by atoms with E-state index in [9.17, 15) is 4.79 Å². The molecule has 24 heavy (non-hydrogen) atoms. The molecular formula is C18H18N2O3S. The summed E-state index contributed by atoms with van der Waals surface area (Å²) in [5.41, 5.74) is 2.79. The number of para-hydroxylation sites is 1. The lowest BCUT2D eigenvalue weighted by molar-refractivity contribution is -0.115. The third-order valence-electron chi connectivity index (χ3n) is 3.71. The zero-order valence-corrected chi connectivity index (χ0v) is 14.6. The van der Waals surface area contributed by atoms with Gasteiger partial charge in [-0.2, -0.15) is 0 Å². The molecule has 0 aliphatic rings. The van der Waals surface area contributed by atoms with Gasteiger partial charge in [0.15, 0.2) is 5.13 Å². The van der Waals surface area contributed by atoms with Gasteiger partial charge in [0.2, 0.25) is 5.91 Å². The first kappa shape index (κ1) is 16.3. The molecule has 3 rings (SSSR count). The lowest BCUT2D eigenvalue weighted by Gasteiger charge is -2.10. The summed E-state index contributed by atoms with van der Waals surface area (Å²) < 4.78 is 11.6. The van der Waals surface area contributed by atoms with Gasteiger partial charge in [0.05, 0.1) is 30.9 Å². The van der Waals surface area contributed by atoms with Crippen LogP contribution in [0.5, 0.6) is 11.5 Å². The number of anilines is 1. The predicted molar refractivity (Wildman–Crippen MR) is 96.2 cm³/mol. The van der Waals surface area contributed by atoms with E-state index in [2.05, 4.69) is 10.3 Å². The molecule has 0 aliphatic heterocycles. The van der Waals surface area contributed by atoms with Crippen molar-refractivity contribution < 1.29 is 14.3 Å². The Bertz CT molecular complexity index is 889. The van der Waals surface area contributed by atoms with E-state index in [1.807, 2.05) is 25.1 Å². The van der Waals surface area contributed by atoms with Crippen LogP contribution < -0.4 is 14.8 Å². The van der Waals surface area contributed by atoms with Crippen LogP contribution in [0.2, 0.25) is 0 Å². The van der Waals surface area contributed by atoms with Crippen molar-refractivity contribution in [1.82, 2.24) is 4.98 Å². The van der Waals surface area contributed by atoms with Gasteiger partial charge in [-0.05, 0) is 36.8 Å². The fraction of sp³-hybridized carbons (Fsp3) is 0.222. The molecule has 2 aromatic carbocycles. The normalized spacial score (nSPS) is 10.6. The van der Waals surface area contributed by atoms with E-state index in [-0.39, 0.29) is 12.3 Å². The van der Waals surface area contributed by atoms with Crippen molar-refractivity contribution in [2.45, 2.75) is 13.3 Å². The smallest absolute Gasteiger partial charge is 0.230 e. The quantitative estimate of drug-likeness (QED) is 0.766. The van der Waals surface area contributed by atoms with Crippen molar-refractivity contribution in [1.29, 1.82) is 0 Å². The minimum atomic E-state index is -0.140. The summed E-state index contributed by atoms with van der Waals surface area (Å²) in [5, 5.41) is 3.47. The monoisotopic (exact) mass is 342 g/mol. The van der Waals surface area contributed by atoms with Gasteiger partial charge < -0.3 is 14.8 Å². The second kappa shape index (κ2) is 6.88. The molecule has 1 N–H and O–H groups in total. The summed E-state index contributed by atoms with van der Waals surface area (Å²) in [6.45, 7) is 2.01. The molecule has 0 bridgehead atoms. The van der Waals surface area contributed by atoms with Gasteiger partial charge in [-0.15, -0.1) is 0 Å². The molecule has 1 heterocycles. The van der Waals surface area contributed by atoms with E-state index in [4.69, 9.17) is 9.47 Å². The van der Waals surface area contributed by atoms with Crippen LogP contribution in [0, 0.1) is 6.92 Å². The average Bonchev–Trinajstić information content (AvgIpc) is 2.98. The Labute approximate surface area is 144 Å². The highest BCUT2D eigenvalue weighted by Crippen LogP contribution is 2.29. The number of aromatic nitrogens is 1. The number of amides is 1. The lowest BCUT2D eigenvalue weighted by atomic mass is 10.1. The van der Waals surface area contributed by atoms with E-state index >= 15 is 0 Å². The molecule has 0 unspecified atom stereocenters. The van der Waals surface area contributed by atoms with E-state index in [0.29, 0.717) is 16.6 Å². The summed E-state index contributed by atoms with van der Waals surface area (Å²) in [4.78, 5) is 16.9. The first-order chi connectivity index (χ1) is 11.6. The number of rotatable bonds is 5. The highest BCUT2D eigenvalue weighted by Gasteiger charge is 2.13. The van der Waals surface area contributed by atoms with Crippen LogP contribution in [0.4, 0.5) is 5.13 Å². The number of benzene rings is 2. The summed E-state index contributed by atoms with van der Waals surface area (Å²) in [5.74, 6) is 1.21. The molecule has 0 spiro atoms. The summed E-state index contributed by atoms with van der Waals surface area (Å²) in [6.07, 6.45) is 0.190. The fourth-order valence-corrected chi connectivity index (χ4v) is 3.46. The topological polar surface area (TPSA) is 60.5 Å². The zero-order chi connectivity index (χ0) is 17.1. The number of ether oxygens (including phenoxy) is 2. The van der Waals surface area contributed by atoms with Crippen molar-refractivity contribution >= 4 is 32.6 Å². The SMILES string of the molecule is COc1ccc(OC)c(CC(=O)Nc2nc3c(C)cccc3s2)c1. The minimum Gasteiger partial charge on any atom is -0.497 e. The summed E-state index contributed by atoms with van der Waals surface area (Å²) in [6, 6.07) is 11.4. The average molecular weight is 342 g/mol. The van der Waals surface area contributed by atoms with Gasteiger partial charge in [0.1, 0.15) is 11.5 Å². The molecule has 0 fully saturated rings. The molecular weight excluding hydrogens is 324 g/mol. The van der Waals surface area contributed by atoms with Crippen molar-refractivity contribution in [2.24, 2.45) is 0 Å². The molecule has 1 aromatic heterocycles. The lowest BCUT2D eigenvalue weighted by Crippen LogP contribution is -2.14. The molecule has 5 nitrogen and oxygen atoms in total. The fourth-order valence-electron chi connectivity index (χ4n) is 2.50. The predicted octanol–water partition coefficient (Wildman–Crippen LogP) is 3.80. The van der Waals surface area contributed by atoms with E-state index in [1.54, 1.807) is 32.4 Å². The molecule has 124 valence electrons. The molecule has 1 amide bonds. The Morgan fingerprint density at radius 3 is 2.75 bits per heavy atom. The summed E-state index contributed by atoms with van der Waals surface area (Å²) >= 11 is 1.47. The number of hydrogen-bond donors (Lipinski definition) is 1. The second-order valence-electron chi connectivity index (χ2n) is 5.34. The Morgan fingerprint density at radius 1 is 1.21 bits per heavy atom. The Balaban J connectivity index is 1.78. The number of aryl methyl sites for hydroxylation is 1. The molecule has 0 saturated carbocycles. The zero-order valence-electron chi connectivity index (χ0n) is 13.8. The maximum atomic E-state index is 12.4. The van der Waals surface area contributed by atoms with E-state index in [0.717, 1.165) is 21.3 Å². The van der Waals surface area contributed by atoms with Gasteiger partial charge in [-0.3, -0.25) is 4.79 Å². The van der Waals surface area contributed by atoms with Crippen LogP contribution in [-0.4, -0.2) is 25.1 Å². The van der Waals surface area contributed by atoms with Crippen molar-refractivity contribution in [3.05, 3.63) is 47.5 Å². The van der Waals surface area contributed by atoms with Crippen molar-refractivity contribution in [3.63, 3.8) is 0 Å². The third kappa shape index (κ3) is 3.33. The van der Waals surface area contributed by atoms with Gasteiger partial charge in [-0.1, -0.05) is 23.5 Å². The number of carbonyl (C=O) groups excluding carboxylic acids is 1. The minimum absolute atomic E-state index is 0.140. The van der Waals surface area contributed by atoms with Gasteiger partial charge in [0.25, 0.3) is 0 Å². The maximum absolute atomic E-state index is 12.4. The number of fused-ring (bicyclic) bond motifs is 1. The van der Waals surface area contributed by atoms with Crippen LogP contribution in [0.25, 0.3) is 10.2 Å². The number of thiazole rings is 1. The highest BCUT2D eigenvalue weighted by molar-refractivity contribution is 7.22. The number of nitrogens with one attached hydrogen (secondary N) is 1. The van der Waals surface area contributed by atoms with Crippen LogP contribution in [-0.2, 0) is 11.2 Å². The molecule has 6 heteroatoms. The molecule has 0 saturated heterocycles.